The Bertz CT molecular complexity index is 1260. The second-order valence-corrected chi connectivity index (χ2v) is 12.2. The highest BCUT2D eigenvalue weighted by molar-refractivity contribution is 7.90. The van der Waals surface area contributed by atoms with Gasteiger partial charge < -0.3 is 10.1 Å². The first-order valence-electron chi connectivity index (χ1n) is 13.9. The number of hydrogen-bond donors (Lipinski definition) is 1. The van der Waals surface area contributed by atoms with E-state index in [2.05, 4.69) is 22.1 Å². The van der Waals surface area contributed by atoms with E-state index in [1.165, 1.54) is 29.4 Å². The quantitative estimate of drug-likeness (QED) is 0.188. The predicted molar refractivity (Wildman–Crippen MR) is 150 cm³/mol. The lowest BCUT2D eigenvalue weighted by Gasteiger charge is -2.26. The molecule has 9 heteroatoms. The molecule has 38 heavy (non-hydrogen) atoms. The van der Waals surface area contributed by atoms with E-state index in [0.717, 1.165) is 36.8 Å². The van der Waals surface area contributed by atoms with Crippen LogP contribution in [-0.2, 0) is 27.8 Å². The van der Waals surface area contributed by atoms with Crippen LogP contribution >= 0.6 is 0 Å². The molecule has 0 aliphatic heterocycles. The summed E-state index contributed by atoms with van der Waals surface area (Å²) in [6, 6.07) is 11.7. The first-order chi connectivity index (χ1) is 18.5. The lowest BCUT2D eigenvalue weighted by atomic mass is 9.93. The van der Waals surface area contributed by atoms with Crippen LogP contribution in [0, 0.1) is 5.95 Å². The number of benzene rings is 1. The maximum absolute atomic E-state index is 14.4. The van der Waals surface area contributed by atoms with Crippen LogP contribution < -0.4 is 5.32 Å². The van der Waals surface area contributed by atoms with Gasteiger partial charge in [0.25, 0.3) is 0 Å². The average molecular weight is 545 g/mol. The van der Waals surface area contributed by atoms with Gasteiger partial charge in [0.05, 0.1) is 24.5 Å². The number of hydrogen-bond acceptors (Lipinski definition) is 6. The lowest BCUT2D eigenvalue weighted by Crippen LogP contribution is -2.37. The summed E-state index contributed by atoms with van der Waals surface area (Å²) in [7, 11) is -3.48. The minimum absolute atomic E-state index is 0.123. The van der Waals surface area contributed by atoms with Crippen molar-refractivity contribution in [3.63, 3.8) is 0 Å². The van der Waals surface area contributed by atoms with Gasteiger partial charge in [0.1, 0.15) is 0 Å². The Morgan fingerprint density at radius 1 is 1.08 bits per heavy atom. The van der Waals surface area contributed by atoms with Gasteiger partial charge in [-0.25, -0.2) is 17.4 Å². The number of aromatic nitrogens is 2. The number of nitrogens with one attached hydrogen (secondary N) is 1. The second-order valence-electron chi connectivity index (χ2n) is 10.2. The average Bonchev–Trinajstić information content (AvgIpc) is 3.25. The molecule has 1 aliphatic carbocycles. The van der Waals surface area contributed by atoms with Crippen LogP contribution in [0.15, 0.2) is 48.8 Å². The number of unbranched alkanes of at least 4 members (excludes halogenated alkanes) is 3. The minimum atomic E-state index is -3.48. The molecule has 0 spiro atoms. The van der Waals surface area contributed by atoms with Crippen molar-refractivity contribution >= 4 is 20.9 Å². The Kier molecular flexibility index (Phi) is 10.7. The van der Waals surface area contributed by atoms with Crippen molar-refractivity contribution in [1.82, 2.24) is 19.2 Å². The van der Waals surface area contributed by atoms with Gasteiger partial charge in [0.2, 0.25) is 16.0 Å². The molecule has 1 aliphatic rings. The van der Waals surface area contributed by atoms with Gasteiger partial charge in [-0.1, -0.05) is 56.9 Å². The fourth-order valence-corrected chi connectivity index (χ4v) is 6.37. The van der Waals surface area contributed by atoms with Gasteiger partial charge in [-0.3, -0.25) is 4.90 Å². The molecule has 7 nitrogen and oxygen atoms in total. The first-order valence-corrected chi connectivity index (χ1v) is 15.5. The van der Waals surface area contributed by atoms with Crippen molar-refractivity contribution in [3.05, 3.63) is 65.9 Å². The molecule has 2 heterocycles. The zero-order valence-electron chi connectivity index (χ0n) is 22.4. The Hall–Kier alpha value is -2.33. The standard InChI is InChI=1S/C29H41FN4O3S/c1-2-3-4-7-20-38(35,36)34-23-25(27-13-5-6-14-28(27)34)22-33(21-24-10-9-15-32-29(24)30)17-19-37-18-16-31-26-11-8-12-26/h5-6,9-10,13-15,23,26,31H,2-4,7-8,11-12,16-22H2,1H3. The Morgan fingerprint density at radius 3 is 2.66 bits per heavy atom. The highest BCUT2D eigenvalue weighted by Crippen LogP contribution is 2.26. The molecule has 0 amide bonds. The Labute approximate surface area is 226 Å². The van der Waals surface area contributed by atoms with Gasteiger partial charge >= 0.3 is 0 Å². The summed E-state index contributed by atoms with van der Waals surface area (Å²) in [5.74, 6) is -0.362. The Morgan fingerprint density at radius 2 is 1.89 bits per heavy atom. The summed E-state index contributed by atoms with van der Waals surface area (Å²) in [5, 5.41) is 4.39. The van der Waals surface area contributed by atoms with Crippen LogP contribution in [0.1, 0.15) is 63.0 Å². The van der Waals surface area contributed by atoms with E-state index < -0.39 is 16.0 Å². The number of halogens is 1. The maximum Gasteiger partial charge on any atom is 0.238 e. The normalized spacial score (nSPS) is 14.4. The fraction of sp³-hybridized carbons (Fsp3) is 0.552. The van der Waals surface area contributed by atoms with Gasteiger partial charge in [-0.15, -0.1) is 0 Å². The third-order valence-electron chi connectivity index (χ3n) is 7.28. The molecule has 2 aromatic heterocycles. The van der Waals surface area contributed by atoms with Crippen molar-refractivity contribution in [2.45, 2.75) is 71.0 Å². The Balaban J connectivity index is 1.47. The van der Waals surface area contributed by atoms with Crippen molar-refractivity contribution in [1.29, 1.82) is 0 Å². The van der Waals surface area contributed by atoms with Crippen molar-refractivity contribution in [2.24, 2.45) is 0 Å². The molecular formula is C29H41FN4O3S. The fourth-order valence-electron chi connectivity index (χ4n) is 4.86. The third-order valence-corrected chi connectivity index (χ3v) is 8.98. The van der Waals surface area contributed by atoms with Gasteiger partial charge in [-0.05, 0) is 37.0 Å². The van der Waals surface area contributed by atoms with E-state index in [0.29, 0.717) is 56.4 Å². The summed E-state index contributed by atoms with van der Waals surface area (Å²) in [6.45, 7) is 5.47. The molecule has 1 saturated carbocycles. The predicted octanol–water partition coefficient (Wildman–Crippen LogP) is 5.09. The number of pyridine rings is 1. The van der Waals surface area contributed by atoms with Crippen LogP contribution in [0.2, 0.25) is 0 Å². The summed E-state index contributed by atoms with van der Waals surface area (Å²) in [6.07, 6.45) is 10.6. The van der Waals surface area contributed by atoms with E-state index in [1.54, 1.807) is 18.3 Å². The molecule has 1 N–H and O–H groups in total. The molecule has 1 fully saturated rings. The molecule has 0 atom stereocenters. The van der Waals surface area contributed by atoms with Crippen molar-refractivity contribution < 1.29 is 17.5 Å². The molecule has 1 aromatic carbocycles. The molecule has 0 radical (unpaired) electrons. The minimum Gasteiger partial charge on any atom is -0.379 e. The van der Waals surface area contributed by atoms with Crippen LogP contribution in [0.5, 0.6) is 0 Å². The largest absolute Gasteiger partial charge is 0.379 e. The van der Waals surface area contributed by atoms with E-state index in [9.17, 15) is 12.8 Å². The number of nitrogens with zero attached hydrogens (tertiary/aromatic N) is 3. The van der Waals surface area contributed by atoms with Crippen LogP contribution in [-0.4, -0.2) is 60.4 Å². The molecule has 208 valence electrons. The highest BCUT2D eigenvalue weighted by atomic mass is 32.2. The van der Waals surface area contributed by atoms with E-state index in [4.69, 9.17) is 4.74 Å². The smallest absolute Gasteiger partial charge is 0.238 e. The monoisotopic (exact) mass is 544 g/mol. The number of rotatable bonds is 17. The second kappa shape index (κ2) is 14.2. The molecule has 0 bridgehead atoms. The molecule has 4 rings (SSSR count). The van der Waals surface area contributed by atoms with Crippen LogP contribution in [0.4, 0.5) is 4.39 Å². The summed E-state index contributed by atoms with van der Waals surface area (Å²) < 4.78 is 48.3. The number of fused-ring (bicyclic) bond motifs is 1. The maximum atomic E-state index is 14.4. The zero-order chi connectivity index (χ0) is 26.8. The van der Waals surface area contributed by atoms with Gasteiger partial charge in [0.15, 0.2) is 0 Å². The molecular weight excluding hydrogens is 503 g/mol. The van der Waals surface area contributed by atoms with Crippen LogP contribution in [0.25, 0.3) is 10.9 Å². The molecule has 0 saturated heterocycles. The van der Waals surface area contributed by atoms with Gasteiger partial charge in [-0.2, -0.15) is 4.39 Å². The number of ether oxygens (including phenoxy) is 1. The third kappa shape index (κ3) is 7.85. The first kappa shape index (κ1) is 28.7. The molecule has 0 unspecified atom stereocenters. The van der Waals surface area contributed by atoms with E-state index in [1.807, 2.05) is 24.3 Å². The van der Waals surface area contributed by atoms with Gasteiger partial charge in [0, 0.05) is 55.6 Å². The zero-order valence-corrected chi connectivity index (χ0v) is 23.3. The molecule has 3 aromatic rings. The summed E-state index contributed by atoms with van der Waals surface area (Å²) in [5.41, 5.74) is 2.09. The van der Waals surface area contributed by atoms with Crippen molar-refractivity contribution in [3.8, 4) is 0 Å². The van der Waals surface area contributed by atoms with Crippen LogP contribution in [0.3, 0.4) is 0 Å². The summed E-state index contributed by atoms with van der Waals surface area (Å²) in [4.78, 5) is 5.90. The lowest BCUT2D eigenvalue weighted by molar-refractivity contribution is 0.0964. The highest BCUT2D eigenvalue weighted by Gasteiger charge is 2.21. The SMILES string of the molecule is CCCCCCS(=O)(=O)n1cc(CN(CCOCCNC2CCC2)Cc2cccnc2F)c2ccccc21. The van der Waals surface area contributed by atoms with E-state index in [-0.39, 0.29) is 5.75 Å². The van der Waals surface area contributed by atoms with E-state index >= 15 is 0 Å². The van der Waals surface area contributed by atoms with Crippen molar-refractivity contribution in [2.75, 3.05) is 32.1 Å². The summed E-state index contributed by atoms with van der Waals surface area (Å²) >= 11 is 0. The number of para-hydroxylation sites is 1. The topological polar surface area (TPSA) is 76.5 Å².